The molecular formula is C28H23BO3. The van der Waals surface area contributed by atoms with Gasteiger partial charge in [0.2, 0.25) is 0 Å². The number of rotatable bonds is 1. The lowest BCUT2D eigenvalue weighted by molar-refractivity contribution is 0.00578. The highest BCUT2D eigenvalue weighted by Crippen LogP contribution is 2.45. The molecule has 0 unspecified atom stereocenters. The highest BCUT2D eigenvalue weighted by Gasteiger charge is 2.51. The Morgan fingerprint density at radius 1 is 0.625 bits per heavy atom. The van der Waals surface area contributed by atoms with E-state index in [0.29, 0.717) is 0 Å². The molecule has 1 aliphatic heterocycles. The summed E-state index contributed by atoms with van der Waals surface area (Å²) in [5.41, 5.74) is 2.05. The van der Waals surface area contributed by atoms with Crippen LogP contribution in [0, 0.1) is 0 Å². The second-order valence-corrected chi connectivity index (χ2v) is 10.0. The van der Waals surface area contributed by atoms with Crippen LogP contribution in [-0.2, 0) is 9.31 Å². The standard InChI is InChI=1S/C28H23BO3/c1-27(2)28(3,4)32-29(31-27)17-14-22-20-12-8-7-11-19(20)21-13-16-9-5-6-10-18(16)26-25(21)24(22)23(15-17)30-26/h5-15H,1-4H3. The fourth-order valence-corrected chi connectivity index (χ4v) is 5.25. The van der Waals surface area contributed by atoms with E-state index in [1.807, 2.05) is 0 Å². The average Bonchev–Trinajstić information content (AvgIpc) is 3.26. The minimum atomic E-state index is -0.431. The van der Waals surface area contributed by atoms with Crippen LogP contribution >= 0.6 is 0 Å². The molecular weight excluding hydrogens is 395 g/mol. The summed E-state index contributed by atoms with van der Waals surface area (Å²) in [4.78, 5) is 0. The Morgan fingerprint density at radius 2 is 1.22 bits per heavy atom. The molecule has 0 aliphatic carbocycles. The molecule has 3 nitrogen and oxygen atoms in total. The van der Waals surface area contributed by atoms with E-state index in [9.17, 15) is 0 Å². The first kappa shape index (κ1) is 18.5. The molecule has 4 heteroatoms. The van der Waals surface area contributed by atoms with Gasteiger partial charge in [0.15, 0.2) is 0 Å². The van der Waals surface area contributed by atoms with Crippen molar-refractivity contribution in [1.82, 2.24) is 0 Å². The molecule has 0 N–H and O–H groups in total. The molecule has 1 aromatic heterocycles. The van der Waals surface area contributed by atoms with Crippen molar-refractivity contribution in [1.29, 1.82) is 0 Å². The predicted molar refractivity (Wildman–Crippen MR) is 133 cm³/mol. The molecule has 156 valence electrons. The summed E-state index contributed by atoms with van der Waals surface area (Å²) in [5, 5.41) is 9.61. The third-order valence-electron chi connectivity index (χ3n) is 7.62. The molecule has 1 saturated heterocycles. The van der Waals surface area contributed by atoms with Crippen LogP contribution in [0.5, 0.6) is 0 Å². The lowest BCUT2D eigenvalue weighted by Gasteiger charge is -2.32. The monoisotopic (exact) mass is 418 g/mol. The Balaban J connectivity index is 1.64. The Bertz CT molecular complexity index is 1680. The molecule has 0 radical (unpaired) electrons. The lowest BCUT2D eigenvalue weighted by Crippen LogP contribution is -2.41. The minimum absolute atomic E-state index is 0.390. The second-order valence-electron chi connectivity index (χ2n) is 10.0. The van der Waals surface area contributed by atoms with Gasteiger partial charge in [-0.15, -0.1) is 0 Å². The first-order chi connectivity index (χ1) is 15.3. The van der Waals surface area contributed by atoms with E-state index < -0.39 is 7.12 Å². The van der Waals surface area contributed by atoms with Crippen LogP contribution in [0.2, 0.25) is 0 Å². The van der Waals surface area contributed by atoms with Gasteiger partial charge >= 0.3 is 7.12 Å². The predicted octanol–water partition coefficient (Wildman–Crippen LogP) is 6.78. The smallest absolute Gasteiger partial charge is 0.455 e. The quantitative estimate of drug-likeness (QED) is 0.168. The average molecular weight is 418 g/mol. The molecule has 7 rings (SSSR count). The molecule has 32 heavy (non-hydrogen) atoms. The van der Waals surface area contributed by atoms with Crippen molar-refractivity contribution in [3.8, 4) is 0 Å². The van der Waals surface area contributed by atoms with Crippen molar-refractivity contribution in [2.75, 3.05) is 0 Å². The van der Waals surface area contributed by atoms with Crippen LogP contribution in [0.3, 0.4) is 0 Å². The van der Waals surface area contributed by atoms with Crippen LogP contribution in [0.25, 0.3) is 54.3 Å². The number of benzene rings is 5. The van der Waals surface area contributed by atoms with E-state index in [1.165, 1.54) is 37.7 Å². The van der Waals surface area contributed by atoms with E-state index in [4.69, 9.17) is 13.7 Å². The van der Waals surface area contributed by atoms with Crippen molar-refractivity contribution < 1.29 is 13.7 Å². The Morgan fingerprint density at radius 3 is 1.91 bits per heavy atom. The highest BCUT2D eigenvalue weighted by atomic mass is 16.7. The lowest BCUT2D eigenvalue weighted by atomic mass is 9.77. The zero-order chi connectivity index (χ0) is 21.8. The third-order valence-corrected chi connectivity index (χ3v) is 7.62. The summed E-state index contributed by atoms with van der Waals surface area (Å²) >= 11 is 0. The van der Waals surface area contributed by atoms with Gasteiger partial charge in [-0.3, -0.25) is 0 Å². The third kappa shape index (κ3) is 2.24. The fourth-order valence-electron chi connectivity index (χ4n) is 5.25. The summed E-state index contributed by atoms with van der Waals surface area (Å²) in [5.74, 6) is 0. The maximum atomic E-state index is 6.59. The highest BCUT2D eigenvalue weighted by molar-refractivity contribution is 6.63. The topological polar surface area (TPSA) is 31.6 Å². The maximum absolute atomic E-state index is 6.59. The van der Waals surface area contributed by atoms with E-state index in [1.54, 1.807) is 0 Å². The summed E-state index contributed by atoms with van der Waals surface area (Å²) in [7, 11) is -0.431. The maximum Gasteiger partial charge on any atom is 0.494 e. The van der Waals surface area contributed by atoms with Gasteiger partial charge in [0.25, 0.3) is 0 Å². The molecule has 1 aliphatic rings. The second kappa shape index (κ2) is 5.83. The Hall–Kier alpha value is -3.08. The summed E-state index contributed by atoms with van der Waals surface area (Å²) in [6.07, 6.45) is 0. The summed E-state index contributed by atoms with van der Waals surface area (Å²) < 4.78 is 19.4. The fraction of sp³-hybridized carbons (Fsp3) is 0.214. The van der Waals surface area contributed by atoms with Gasteiger partial charge in [-0.2, -0.15) is 0 Å². The van der Waals surface area contributed by atoms with Crippen molar-refractivity contribution in [2.45, 2.75) is 38.9 Å². The molecule has 0 bridgehead atoms. The van der Waals surface area contributed by atoms with Gasteiger partial charge in [-0.25, -0.2) is 0 Å². The van der Waals surface area contributed by atoms with Gasteiger partial charge in [-0.05, 0) is 72.2 Å². The van der Waals surface area contributed by atoms with Crippen molar-refractivity contribution >= 4 is 66.8 Å². The SMILES string of the molecule is CC1(C)OB(c2cc3oc4c5ccccc5cc5c6ccccc6c(c2)c3c54)OC1(C)C. The first-order valence-corrected chi connectivity index (χ1v) is 11.2. The largest absolute Gasteiger partial charge is 0.494 e. The minimum Gasteiger partial charge on any atom is -0.455 e. The molecule has 6 aromatic rings. The molecule has 0 spiro atoms. The van der Waals surface area contributed by atoms with Crippen LogP contribution in [-0.4, -0.2) is 18.3 Å². The number of furan rings is 1. The summed E-state index contributed by atoms with van der Waals surface area (Å²) in [6.45, 7) is 8.35. The van der Waals surface area contributed by atoms with Crippen LogP contribution in [0.1, 0.15) is 27.7 Å². The normalized spacial score (nSPS) is 18.2. The van der Waals surface area contributed by atoms with Crippen molar-refractivity contribution in [3.05, 3.63) is 66.7 Å². The van der Waals surface area contributed by atoms with Crippen molar-refractivity contribution in [3.63, 3.8) is 0 Å². The van der Waals surface area contributed by atoms with Crippen molar-refractivity contribution in [2.24, 2.45) is 0 Å². The van der Waals surface area contributed by atoms with Gasteiger partial charge in [0.1, 0.15) is 11.2 Å². The van der Waals surface area contributed by atoms with E-state index in [0.717, 1.165) is 22.0 Å². The molecule has 0 saturated carbocycles. The van der Waals surface area contributed by atoms with Crippen LogP contribution < -0.4 is 5.46 Å². The molecule has 2 heterocycles. The van der Waals surface area contributed by atoms with E-state index in [2.05, 4.69) is 94.4 Å². The van der Waals surface area contributed by atoms with Gasteiger partial charge < -0.3 is 13.7 Å². The number of fused-ring (bicyclic) bond motifs is 5. The molecule has 5 aromatic carbocycles. The van der Waals surface area contributed by atoms with Gasteiger partial charge in [0, 0.05) is 16.2 Å². The molecule has 1 fully saturated rings. The van der Waals surface area contributed by atoms with E-state index >= 15 is 0 Å². The molecule has 0 atom stereocenters. The zero-order valence-corrected chi connectivity index (χ0v) is 18.7. The van der Waals surface area contributed by atoms with Crippen LogP contribution in [0.15, 0.2) is 71.1 Å². The Labute approximate surface area is 186 Å². The zero-order valence-electron chi connectivity index (χ0n) is 18.7. The molecule has 0 amide bonds. The van der Waals surface area contributed by atoms with Gasteiger partial charge in [-0.1, -0.05) is 54.6 Å². The van der Waals surface area contributed by atoms with Gasteiger partial charge in [0.05, 0.1) is 11.2 Å². The number of hydrogen-bond donors (Lipinski definition) is 0. The Kier molecular flexibility index (Phi) is 3.37. The van der Waals surface area contributed by atoms with E-state index in [-0.39, 0.29) is 11.2 Å². The van der Waals surface area contributed by atoms with Crippen LogP contribution in [0.4, 0.5) is 0 Å². The number of hydrogen-bond acceptors (Lipinski definition) is 3. The first-order valence-electron chi connectivity index (χ1n) is 11.2. The summed E-state index contributed by atoms with van der Waals surface area (Å²) in [6, 6.07) is 23.7.